The lowest BCUT2D eigenvalue weighted by Gasteiger charge is -2.13. The Morgan fingerprint density at radius 1 is 0.806 bits per heavy atom. The summed E-state index contributed by atoms with van der Waals surface area (Å²) in [5.41, 5.74) is 3.39. The molecule has 0 aliphatic carbocycles. The van der Waals surface area contributed by atoms with E-state index in [9.17, 15) is 4.79 Å². The molecule has 0 radical (unpaired) electrons. The molecular weight excluding hydrogens is 390 g/mol. The maximum Gasteiger partial charge on any atom is 0.203 e. The Bertz CT molecular complexity index is 1060. The molecule has 0 spiro atoms. The third-order valence-electron chi connectivity index (χ3n) is 4.64. The van der Waals surface area contributed by atoms with Crippen LogP contribution in [-0.4, -0.2) is 27.1 Å². The molecular formula is C26H25NO4. The fraction of sp³-hybridized carbons (Fsp3) is 0.115. The van der Waals surface area contributed by atoms with Crippen LogP contribution in [0.1, 0.15) is 21.5 Å². The molecule has 3 rings (SSSR count). The predicted octanol–water partition coefficient (Wildman–Crippen LogP) is 5.69. The molecule has 5 nitrogen and oxygen atoms in total. The van der Waals surface area contributed by atoms with Crippen LogP contribution in [0.4, 0.5) is 5.69 Å². The lowest BCUT2D eigenvalue weighted by atomic mass is 10.1. The normalized spacial score (nSPS) is 10.9. The van der Waals surface area contributed by atoms with Crippen LogP contribution in [0.5, 0.6) is 17.2 Å². The number of ether oxygens (including phenoxy) is 3. The largest absolute Gasteiger partial charge is 0.493 e. The first-order valence-corrected chi connectivity index (χ1v) is 9.76. The van der Waals surface area contributed by atoms with E-state index in [4.69, 9.17) is 14.2 Å². The molecule has 0 atom stereocenters. The average Bonchev–Trinajstić information content (AvgIpc) is 2.83. The van der Waals surface area contributed by atoms with Crippen molar-refractivity contribution in [3.05, 3.63) is 95.7 Å². The van der Waals surface area contributed by atoms with E-state index in [1.807, 2.05) is 66.7 Å². The molecule has 3 aromatic rings. The van der Waals surface area contributed by atoms with Gasteiger partial charge in [-0.1, -0.05) is 60.7 Å². The number of nitrogens with one attached hydrogen (secondary N) is 1. The highest BCUT2D eigenvalue weighted by Gasteiger charge is 2.12. The van der Waals surface area contributed by atoms with Gasteiger partial charge in [0.1, 0.15) is 0 Å². The van der Waals surface area contributed by atoms with Gasteiger partial charge in [-0.3, -0.25) is 4.79 Å². The second kappa shape index (κ2) is 10.7. The highest BCUT2D eigenvalue weighted by molar-refractivity contribution is 6.04. The van der Waals surface area contributed by atoms with Gasteiger partial charge in [-0.25, -0.2) is 0 Å². The first-order chi connectivity index (χ1) is 15.2. The Kier molecular flexibility index (Phi) is 7.49. The SMILES string of the molecule is COc1cc(C=Cc2ccccc2N/C=C\C(=O)c2ccccc2)cc(OC)c1OC. The van der Waals surface area contributed by atoms with Crippen LogP contribution in [0.25, 0.3) is 12.2 Å². The van der Waals surface area contributed by atoms with E-state index in [-0.39, 0.29) is 5.78 Å². The van der Waals surface area contributed by atoms with E-state index >= 15 is 0 Å². The zero-order valence-electron chi connectivity index (χ0n) is 17.8. The summed E-state index contributed by atoms with van der Waals surface area (Å²) in [6.07, 6.45) is 7.12. The summed E-state index contributed by atoms with van der Waals surface area (Å²) < 4.78 is 16.2. The minimum atomic E-state index is -0.0569. The second-order valence-electron chi connectivity index (χ2n) is 6.59. The Hall–Kier alpha value is -3.99. The smallest absolute Gasteiger partial charge is 0.203 e. The zero-order chi connectivity index (χ0) is 22.1. The summed E-state index contributed by atoms with van der Waals surface area (Å²) in [5, 5.41) is 3.19. The highest BCUT2D eigenvalue weighted by Crippen LogP contribution is 2.38. The van der Waals surface area contributed by atoms with Crippen molar-refractivity contribution in [1.82, 2.24) is 0 Å². The van der Waals surface area contributed by atoms with Crippen molar-refractivity contribution in [3.63, 3.8) is 0 Å². The van der Waals surface area contributed by atoms with Gasteiger partial charge in [0, 0.05) is 23.5 Å². The van der Waals surface area contributed by atoms with E-state index in [0.29, 0.717) is 22.8 Å². The lowest BCUT2D eigenvalue weighted by Crippen LogP contribution is -1.96. The number of para-hydroxylation sites is 1. The Morgan fingerprint density at radius 2 is 1.45 bits per heavy atom. The van der Waals surface area contributed by atoms with Gasteiger partial charge < -0.3 is 19.5 Å². The minimum Gasteiger partial charge on any atom is -0.493 e. The molecule has 0 aliphatic rings. The summed E-state index contributed by atoms with van der Waals surface area (Å²) in [7, 11) is 4.76. The van der Waals surface area contributed by atoms with Gasteiger partial charge in [0.2, 0.25) is 5.75 Å². The van der Waals surface area contributed by atoms with Gasteiger partial charge in [0.25, 0.3) is 0 Å². The average molecular weight is 415 g/mol. The number of hydrogen-bond donors (Lipinski definition) is 1. The van der Waals surface area contributed by atoms with Crippen molar-refractivity contribution in [2.45, 2.75) is 0 Å². The first-order valence-electron chi connectivity index (χ1n) is 9.76. The van der Waals surface area contributed by atoms with Crippen molar-refractivity contribution >= 4 is 23.6 Å². The molecule has 0 aliphatic heterocycles. The molecule has 0 saturated heterocycles. The standard InChI is InChI=1S/C26H25NO4/c1-29-24-17-19(18-25(30-2)26(24)31-3)13-14-20-9-7-8-12-22(20)27-16-15-23(28)21-10-5-4-6-11-21/h4-18,27H,1-3H3/b14-13?,16-15-. The lowest BCUT2D eigenvalue weighted by molar-refractivity contribution is 0.104. The maximum absolute atomic E-state index is 12.2. The Labute approximate surface area is 182 Å². The van der Waals surface area contributed by atoms with Gasteiger partial charge >= 0.3 is 0 Å². The number of benzene rings is 3. The van der Waals surface area contributed by atoms with E-state index in [0.717, 1.165) is 16.8 Å². The number of methoxy groups -OCH3 is 3. The number of carbonyl (C=O) groups is 1. The van der Waals surface area contributed by atoms with Crippen LogP contribution in [0.15, 0.2) is 79.0 Å². The fourth-order valence-corrected chi connectivity index (χ4v) is 3.06. The van der Waals surface area contributed by atoms with E-state index < -0.39 is 0 Å². The quantitative estimate of drug-likeness (QED) is 0.276. The molecule has 0 bridgehead atoms. The molecule has 0 unspecified atom stereocenters. The minimum absolute atomic E-state index is 0.0569. The van der Waals surface area contributed by atoms with Crippen molar-refractivity contribution in [2.24, 2.45) is 0 Å². The molecule has 0 saturated carbocycles. The van der Waals surface area contributed by atoms with E-state index in [2.05, 4.69) is 5.32 Å². The Balaban J connectivity index is 1.78. The summed E-state index contributed by atoms with van der Waals surface area (Å²) in [5.74, 6) is 1.68. The fourth-order valence-electron chi connectivity index (χ4n) is 3.06. The van der Waals surface area contributed by atoms with Crippen LogP contribution < -0.4 is 19.5 Å². The highest BCUT2D eigenvalue weighted by atomic mass is 16.5. The maximum atomic E-state index is 12.2. The molecule has 31 heavy (non-hydrogen) atoms. The molecule has 5 heteroatoms. The van der Waals surface area contributed by atoms with Crippen molar-refractivity contribution in [1.29, 1.82) is 0 Å². The van der Waals surface area contributed by atoms with Crippen LogP contribution in [0.3, 0.4) is 0 Å². The van der Waals surface area contributed by atoms with Crippen LogP contribution in [-0.2, 0) is 0 Å². The van der Waals surface area contributed by atoms with Gasteiger partial charge in [0.15, 0.2) is 17.3 Å². The summed E-state index contributed by atoms with van der Waals surface area (Å²) in [6.45, 7) is 0. The second-order valence-corrected chi connectivity index (χ2v) is 6.59. The summed E-state index contributed by atoms with van der Waals surface area (Å²) in [4.78, 5) is 12.2. The molecule has 0 fully saturated rings. The van der Waals surface area contributed by atoms with Crippen molar-refractivity contribution in [3.8, 4) is 17.2 Å². The van der Waals surface area contributed by atoms with Crippen molar-refractivity contribution < 1.29 is 19.0 Å². The van der Waals surface area contributed by atoms with E-state index in [1.54, 1.807) is 39.7 Å². The topological polar surface area (TPSA) is 56.8 Å². The molecule has 0 amide bonds. The van der Waals surface area contributed by atoms with Crippen LogP contribution in [0, 0.1) is 0 Å². The van der Waals surface area contributed by atoms with Gasteiger partial charge in [0.05, 0.1) is 21.3 Å². The molecule has 0 heterocycles. The Morgan fingerprint density at radius 3 is 2.10 bits per heavy atom. The third kappa shape index (κ3) is 5.54. The van der Waals surface area contributed by atoms with Crippen molar-refractivity contribution in [2.75, 3.05) is 26.6 Å². The van der Waals surface area contributed by atoms with Gasteiger partial charge in [-0.05, 0) is 29.3 Å². The number of rotatable bonds is 9. The van der Waals surface area contributed by atoms with Gasteiger partial charge in [-0.2, -0.15) is 0 Å². The molecule has 3 aromatic carbocycles. The van der Waals surface area contributed by atoms with Gasteiger partial charge in [-0.15, -0.1) is 0 Å². The molecule has 158 valence electrons. The predicted molar refractivity (Wildman–Crippen MR) is 125 cm³/mol. The number of hydrogen-bond acceptors (Lipinski definition) is 5. The van der Waals surface area contributed by atoms with E-state index in [1.165, 1.54) is 6.08 Å². The summed E-state index contributed by atoms with van der Waals surface area (Å²) in [6, 6.07) is 20.8. The van der Waals surface area contributed by atoms with Crippen LogP contribution >= 0.6 is 0 Å². The third-order valence-corrected chi connectivity index (χ3v) is 4.64. The molecule has 1 N–H and O–H groups in total. The number of anilines is 1. The number of allylic oxidation sites excluding steroid dienone is 1. The monoisotopic (exact) mass is 415 g/mol. The zero-order valence-corrected chi connectivity index (χ0v) is 17.8. The first kappa shape index (κ1) is 21.7. The number of ketones is 1. The summed E-state index contributed by atoms with van der Waals surface area (Å²) >= 11 is 0. The molecule has 0 aromatic heterocycles. The van der Waals surface area contributed by atoms with Crippen LogP contribution in [0.2, 0.25) is 0 Å². The number of carbonyl (C=O) groups excluding carboxylic acids is 1.